The van der Waals surface area contributed by atoms with Gasteiger partial charge in [0, 0.05) is 24.8 Å². The summed E-state index contributed by atoms with van der Waals surface area (Å²) in [5, 5.41) is 2.89. The molecule has 25 heavy (non-hydrogen) atoms. The lowest BCUT2D eigenvalue weighted by Gasteiger charge is -2.36. The van der Waals surface area contributed by atoms with Gasteiger partial charge >= 0.3 is 0 Å². The second-order valence-electron chi connectivity index (χ2n) is 6.41. The highest BCUT2D eigenvalue weighted by molar-refractivity contribution is 5.92. The van der Waals surface area contributed by atoms with Gasteiger partial charge in [0.05, 0.1) is 12.2 Å². The Morgan fingerprint density at radius 1 is 1.32 bits per heavy atom. The van der Waals surface area contributed by atoms with E-state index < -0.39 is 0 Å². The van der Waals surface area contributed by atoms with Gasteiger partial charge < -0.3 is 10.2 Å². The van der Waals surface area contributed by atoms with Crippen LogP contribution in [0.4, 0.5) is 5.82 Å². The standard InChI is InChI=1S/C19H25N5O/c1-3-16-9-5-7-11-24(16)18-12-17(22-14(2)23-18)19(25)21-13-15-8-4-6-10-20-15/h4,6,8,10,12,16H,3,5,7,9,11,13H2,1-2H3,(H,21,25). The number of carbonyl (C=O) groups excluding carboxylic acids is 1. The van der Waals surface area contributed by atoms with Crippen LogP contribution < -0.4 is 10.2 Å². The third-order valence-corrected chi connectivity index (χ3v) is 4.61. The van der Waals surface area contributed by atoms with Gasteiger partial charge in [0.2, 0.25) is 0 Å². The lowest BCUT2D eigenvalue weighted by molar-refractivity contribution is 0.0945. The highest BCUT2D eigenvalue weighted by Crippen LogP contribution is 2.25. The smallest absolute Gasteiger partial charge is 0.270 e. The average molecular weight is 339 g/mol. The monoisotopic (exact) mass is 339 g/mol. The number of nitrogens with one attached hydrogen (secondary N) is 1. The van der Waals surface area contributed by atoms with Crippen LogP contribution in [0.5, 0.6) is 0 Å². The number of nitrogens with zero attached hydrogens (tertiary/aromatic N) is 4. The highest BCUT2D eigenvalue weighted by atomic mass is 16.1. The van der Waals surface area contributed by atoms with Crippen molar-refractivity contribution in [3.63, 3.8) is 0 Å². The van der Waals surface area contributed by atoms with E-state index in [0.29, 0.717) is 24.1 Å². The van der Waals surface area contributed by atoms with Gasteiger partial charge in [-0.3, -0.25) is 9.78 Å². The van der Waals surface area contributed by atoms with E-state index in [1.54, 1.807) is 6.20 Å². The third kappa shape index (κ3) is 4.32. The Morgan fingerprint density at radius 3 is 2.96 bits per heavy atom. The van der Waals surface area contributed by atoms with Crippen LogP contribution in [0.15, 0.2) is 30.5 Å². The summed E-state index contributed by atoms with van der Waals surface area (Å²) in [6.45, 7) is 5.42. The number of anilines is 1. The maximum absolute atomic E-state index is 12.5. The molecule has 1 unspecified atom stereocenters. The molecule has 1 amide bonds. The molecule has 1 aliphatic rings. The van der Waals surface area contributed by atoms with Crippen molar-refractivity contribution in [2.24, 2.45) is 0 Å². The van der Waals surface area contributed by atoms with Gasteiger partial charge in [-0.25, -0.2) is 9.97 Å². The molecule has 1 atom stereocenters. The van der Waals surface area contributed by atoms with Crippen molar-refractivity contribution in [1.82, 2.24) is 20.3 Å². The first kappa shape index (κ1) is 17.3. The molecular weight excluding hydrogens is 314 g/mol. The molecule has 6 nitrogen and oxygen atoms in total. The molecule has 0 bridgehead atoms. The highest BCUT2D eigenvalue weighted by Gasteiger charge is 2.23. The van der Waals surface area contributed by atoms with Crippen molar-refractivity contribution in [2.45, 2.75) is 52.1 Å². The van der Waals surface area contributed by atoms with Crippen molar-refractivity contribution in [3.05, 3.63) is 47.7 Å². The summed E-state index contributed by atoms with van der Waals surface area (Å²) in [5.41, 5.74) is 1.24. The molecule has 0 spiro atoms. The number of piperidine rings is 1. The molecular formula is C19H25N5O. The molecule has 3 rings (SSSR count). The Morgan fingerprint density at radius 2 is 2.20 bits per heavy atom. The topological polar surface area (TPSA) is 71.0 Å². The Kier molecular flexibility index (Phi) is 5.58. The van der Waals surface area contributed by atoms with Crippen LogP contribution >= 0.6 is 0 Å². The van der Waals surface area contributed by atoms with E-state index in [1.807, 2.05) is 31.2 Å². The third-order valence-electron chi connectivity index (χ3n) is 4.61. The first-order valence-corrected chi connectivity index (χ1v) is 8.98. The number of amides is 1. The number of rotatable bonds is 5. The van der Waals surface area contributed by atoms with E-state index in [4.69, 9.17) is 0 Å². The molecule has 1 N–H and O–H groups in total. The van der Waals surface area contributed by atoms with Crippen LogP contribution in [-0.2, 0) is 6.54 Å². The fraction of sp³-hybridized carbons (Fsp3) is 0.474. The zero-order chi connectivity index (χ0) is 17.6. The van der Waals surface area contributed by atoms with Gasteiger partial charge in [0.25, 0.3) is 5.91 Å². The molecule has 1 aliphatic heterocycles. The van der Waals surface area contributed by atoms with Crippen LogP contribution in [-0.4, -0.2) is 33.4 Å². The SMILES string of the molecule is CCC1CCCCN1c1cc(C(=O)NCc2ccccn2)nc(C)n1. The van der Waals surface area contributed by atoms with Gasteiger partial charge in [-0.1, -0.05) is 13.0 Å². The maximum atomic E-state index is 12.5. The number of hydrogen-bond acceptors (Lipinski definition) is 5. The molecule has 2 aromatic rings. The molecule has 2 aromatic heterocycles. The fourth-order valence-corrected chi connectivity index (χ4v) is 3.31. The minimum absolute atomic E-state index is 0.192. The van der Waals surface area contributed by atoms with E-state index >= 15 is 0 Å². The van der Waals surface area contributed by atoms with Crippen LogP contribution in [0.3, 0.4) is 0 Å². The van der Waals surface area contributed by atoms with Crippen LogP contribution in [0, 0.1) is 6.92 Å². The molecule has 1 fully saturated rings. The largest absolute Gasteiger partial charge is 0.354 e. The summed E-state index contributed by atoms with van der Waals surface area (Å²) < 4.78 is 0. The van der Waals surface area contributed by atoms with Gasteiger partial charge in [-0.15, -0.1) is 0 Å². The number of carbonyl (C=O) groups is 1. The fourth-order valence-electron chi connectivity index (χ4n) is 3.31. The van der Waals surface area contributed by atoms with Crippen molar-refractivity contribution in [3.8, 4) is 0 Å². The van der Waals surface area contributed by atoms with Gasteiger partial charge in [0.15, 0.2) is 0 Å². The molecule has 6 heteroatoms. The van der Waals surface area contributed by atoms with Gasteiger partial charge in [-0.2, -0.15) is 0 Å². The van der Waals surface area contributed by atoms with E-state index in [-0.39, 0.29) is 5.91 Å². The van der Waals surface area contributed by atoms with E-state index in [0.717, 1.165) is 24.5 Å². The van der Waals surface area contributed by atoms with Crippen LogP contribution in [0.2, 0.25) is 0 Å². The van der Waals surface area contributed by atoms with E-state index in [2.05, 4.69) is 32.1 Å². The van der Waals surface area contributed by atoms with E-state index in [9.17, 15) is 4.79 Å². The van der Waals surface area contributed by atoms with Crippen molar-refractivity contribution in [2.75, 3.05) is 11.4 Å². The molecule has 1 saturated heterocycles. The lowest BCUT2D eigenvalue weighted by atomic mass is 10.00. The zero-order valence-electron chi connectivity index (χ0n) is 14.9. The Bertz CT molecular complexity index is 719. The summed E-state index contributed by atoms with van der Waals surface area (Å²) in [4.78, 5) is 28.0. The summed E-state index contributed by atoms with van der Waals surface area (Å²) in [7, 11) is 0. The van der Waals surface area contributed by atoms with Crippen molar-refractivity contribution in [1.29, 1.82) is 0 Å². The van der Waals surface area contributed by atoms with E-state index in [1.165, 1.54) is 19.3 Å². The molecule has 0 radical (unpaired) electrons. The van der Waals surface area contributed by atoms with Crippen LogP contribution in [0.1, 0.15) is 54.6 Å². The Hall–Kier alpha value is -2.50. The maximum Gasteiger partial charge on any atom is 0.270 e. The first-order chi connectivity index (χ1) is 12.2. The zero-order valence-corrected chi connectivity index (χ0v) is 14.9. The molecule has 0 saturated carbocycles. The second kappa shape index (κ2) is 8.05. The number of pyridine rings is 1. The van der Waals surface area contributed by atoms with Crippen molar-refractivity contribution >= 4 is 11.7 Å². The molecule has 0 aromatic carbocycles. The van der Waals surface area contributed by atoms with Gasteiger partial charge in [0.1, 0.15) is 17.3 Å². The van der Waals surface area contributed by atoms with Crippen molar-refractivity contribution < 1.29 is 4.79 Å². The molecule has 132 valence electrons. The number of aromatic nitrogens is 3. The predicted molar refractivity (Wildman–Crippen MR) is 97.5 cm³/mol. The molecule has 3 heterocycles. The predicted octanol–water partition coefficient (Wildman–Crippen LogP) is 2.88. The lowest BCUT2D eigenvalue weighted by Crippen LogP contribution is -2.40. The molecule has 0 aliphatic carbocycles. The Labute approximate surface area is 148 Å². The normalized spacial score (nSPS) is 17.4. The Balaban J connectivity index is 1.75. The minimum Gasteiger partial charge on any atom is -0.354 e. The summed E-state index contributed by atoms with van der Waals surface area (Å²) in [5.74, 6) is 1.30. The summed E-state index contributed by atoms with van der Waals surface area (Å²) >= 11 is 0. The quantitative estimate of drug-likeness (QED) is 0.907. The number of aryl methyl sites for hydroxylation is 1. The number of hydrogen-bond donors (Lipinski definition) is 1. The van der Waals surface area contributed by atoms with Gasteiger partial charge in [-0.05, 0) is 44.7 Å². The second-order valence-corrected chi connectivity index (χ2v) is 6.41. The summed E-state index contributed by atoms with van der Waals surface area (Å²) in [6.07, 6.45) is 6.41. The average Bonchev–Trinajstić information content (AvgIpc) is 2.66. The first-order valence-electron chi connectivity index (χ1n) is 8.98. The summed E-state index contributed by atoms with van der Waals surface area (Å²) in [6, 6.07) is 7.95. The van der Waals surface area contributed by atoms with Crippen LogP contribution in [0.25, 0.3) is 0 Å². The minimum atomic E-state index is -0.192.